The fourth-order valence-electron chi connectivity index (χ4n) is 3.39. The summed E-state index contributed by atoms with van der Waals surface area (Å²) in [6.45, 7) is 3.62. The maximum atomic E-state index is 13.3. The molecule has 2 aromatic carbocycles. The van der Waals surface area contributed by atoms with E-state index < -0.39 is 0 Å². The van der Waals surface area contributed by atoms with E-state index in [1.807, 2.05) is 77.1 Å². The van der Waals surface area contributed by atoms with Gasteiger partial charge in [-0.05, 0) is 37.5 Å². The van der Waals surface area contributed by atoms with Crippen molar-refractivity contribution in [3.63, 3.8) is 0 Å². The quantitative estimate of drug-likeness (QED) is 0.629. The molecule has 0 saturated carbocycles. The molecule has 4 rings (SSSR count). The predicted octanol–water partition coefficient (Wildman–Crippen LogP) is 4.03. The molecule has 0 radical (unpaired) electrons. The molecule has 0 bridgehead atoms. The van der Waals surface area contributed by atoms with Gasteiger partial charge in [0.15, 0.2) is 5.16 Å². The number of carbonyl (C=O) groups is 1. The number of thioether (sulfide) groups is 1. The number of nitrogens with zero attached hydrogens (tertiary/aromatic N) is 4. The molecule has 1 saturated heterocycles. The van der Waals surface area contributed by atoms with Gasteiger partial charge in [-0.25, -0.2) is 0 Å². The number of para-hydroxylation sites is 1. The van der Waals surface area contributed by atoms with Gasteiger partial charge in [0.1, 0.15) is 11.1 Å². The third-order valence-electron chi connectivity index (χ3n) is 4.78. The molecule has 0 N–H and O–H groups in total. The number of rotatable bonds is 5. The van der Waals surface area contributed by atoms with Crippen LogP contribution in [0.15, 0.2) is 65.8 Å². The lowest BCUT2D eigenvalue weighted by Gasteiger charge is -2.23. The van der Waals surface area contributed by atoms with Gasteiger partial charge in [-0.15, -0.1) is 10.2 Å². The molecule has 1 fully saturated rings. The van der Waals surface area contributed by atoms with Crippen molar-refractivity contribution in [2.45, 2.75) is 30.2 Å². The van der Waals surface area contributed by atoms with E-state index in [4.69, 9.17) is 0 Å². The molecule has 5 nitrogen and oxygen atoms in total. The number of amides is 1. The number of hydrogen-bond acceptors (Lipinski definition) is 4. The summed E-state index contributed by atoms with van der Waals surface area (Å²) in [5, 5.41) is 9.05. The molecule has 27 heavy (non-hydrogen) atoms. The molecule has 6 heteroatoms. The Kier molecular flexibility index (Phi) is 5.25. The summed E-state index contributed by atoms with van der Waals surface area (Å²) in [6, 6.07) is 20.0. The third-order valence-corrected chi connectivity index (χ3v) is 5.96. The largest absolute Gasteiger partial charge is 0.341 e. The minimum Gasteiger partial charge on any atom is -0.341 e. The van der Waals surface area contributed by atoms with Crippen LogP contribution in [0.25, 0.3) is 5.69 Å². The van der Waals surface area contributed by atoms with E-state index in [9.17, 15) is 4.79 Å². The topological polar surface area (TPSA) is 51.0 Å². The fraction of sp³-hybridized carbons (Fsp3) is 0.286. The smallest absolute Gasteiger partial charge is 0.240 e. The minimum absolute atomic E-state index is 0.156. The van der Waals surface area contributed by atoms with Crippen molar-refractivity contribution in [3.8, 4) is 5.69 Å². The highest BCUT2D eigenvalue weighted by Gasteiger charge is 2.30. The lowest BCUT2D eigenvalue weighted by atomic mass is 10.1. The maximum absolute atomic E-state index is 13.3. The van der Waals surface area contributed by atoms with E-state index in [-0.39, 0.29) is 11.2 Å². The SMILES string of the molecule is Cc1nnc(S[C@H](C(=O)N2CCCC2)c2ccccc2)n1-c1ccccc1. The first-order chi connectivity index (χ1) is 13.2. The summed E-state index contributed by atoms with van der Waals surface area (Å²) in [4.78, 5) is 15.2. The van der Waals surface area contributed by atoms with Crippen molar-refractivity contribution in [1.29, 1.82) is 0 Å². The first kappa shape index (κ1) is 17.8. The van der Waals surface area contributed by atoms with Crippen molar-refractivity contribution in [3.05, 3.63) is 72.1 Å². The monoisotopic (exact) mass is 378 g/mol. The molecule has 3 aromatic rings. The van der Waals surface area contributed by atoms with Crippen LogP contribution in [0.1, 0.15) is 29.5 Å². The zero-order valence-corrected chi connectivity index (χ0v) is 16.1. The Bertz CT molecular complexity index is 904. The molecule has 138 valence electrons. The first-order valence-electron chi connectivity index (χ1n) is 9.22. The van der Waals surface area contributed by atoms with Crippen molar-refractivity contribution in [2.75, 3.05) is 13.1 Å². The molecule has 2 heterocycles. The van der Waals surface area contributed by atoms with Gasteiger partial charge in [0.2, 0.25) is 5.91 Å². The summed E-state index contributed by atoms with van der Waals surface area (Å²) in [5.74, 6) is 0.966. The Morgan fingerprint density at radius 2 is 1.59 bits per heavy atom. The highest BCUT2D eigenvalue weighted by Crippen LogP contribution is 2.37. The van der Waals surface area contributed by atoms with Crippen LogP contribution in [0.2, 0.25) is 0 Å². The van der Waals surface area contributed by atoms with E-state index >= 15 is 0 Å². The second kappa shape index (κ2) is 7.96. The number of aromatic nitrogens is 3. The Balaban J connectivity index is 1.70. The lowest BCUT2D eigenvalue weighted by molar-refractivity contribution is -0.129. The molecule has 0 aliphatic carbocycles. The number of hydrogen-bond donors (Lipinski definition) is 0. The molecular formula is C21H22N4OS. The average Bonchev–Trinajstić information content (AvgIpc) is 3.37. The molecular weight excluding hydrogens is 356 g/mol. The van der Waals surface area contributed by atoms with Crippen LogP contribution in [-0.2, 0) is 4.79 Å². The molecule has 1 aliphatic heterocycles. The van der Waals surface area contributed by atoms with E-state index in [0.717, 1.165) is 48.2 Å². The van der Waals surface area contributed by atoms with Crippen molar-refractivity contribution >= 4 is 17.7 Å². The highest BCUT2D eigenvalue weighted by atomic mass is 32.2. The summed E-state index contributed by atoms with van der Waals surface area (Å²) in [6.07, 6.45) is 2.16. The lowest BCUT2D eigenvalue weighted by Crippen LogP contribution is -2.31. The summed E-state index contributed by atoms with van der Waals surface area (Å²) in [7, 11) is 0. The second-order valence-corrected chi connectivity index (χ2v) is 7.71. The van der Waals surface area contributed by atoms with Crippen LogP contribution in [0.5, 0.6) is 0 Å². The van der Waals surface area contributed by atoms with Gasteiger partial charge in [0.25, 0.3) is 0 Å². The van der Waals surface area contributed by atoms with Gasteiger partial charge in [-0.3, -0.25) is 9.36 Å². The van der Waals surface area contributed by atoms with Gasteiger partial charge in [0, 0.05) is 18.8 Å². The van der Waals surface area contributed by atoms with Gasteiger partial charge >= 0.3 is 0 Å². The fourth-order valence-corrected chi connectivity index (χ4v) is 4.58. The third kappa shape index (κ3) is 3.76. The van der Waals surface area contributed by atoms with E-state index in [2.05, 4.69) is 10.2 Å². The van der Waals surface area contributed by atoms with Gasteiger partial charge in [-0.1, -0.05) is 60.3 Å². The number of benzene rings is 2. The zero-order chi connectivity index (χ0) is 18.6. The molecule has 1 amide bonds. The Morgan fingerprint density at radius 1 is 0.963 bits per heavy atom. The molecule has 1 aliphatic rings. The van der Waals surface area contributed by atoms with Crippen LogP contribution in [-0.4, -0.2) is 38.7 Å². The van der Waals surface area contributed by atoms with E-state index in [1.54, 1.807) is 0 Å². The van der Waals surface area contributed by atoms with Crippen LogP contribution in [0.3, 0.4) is 0 Å². The zero-order valence-electron chi connectivity index (χ0n) is 15.3. The van der Waals surface area contributed by atoms with Crippen molar-refractivity contribution in [1.82, 2.24) is 19.7 Å². The highest BCUT2D eigenvalue weighted by molar-refractivity contribution is 8.00. The number of likely N-dealkylation sites (tertiary alicyclic amines) is 1. The molecule has 0 spiro atoms. The normalized spacial score (nSPS) is 15.1. The number of aryl methyl sites for hydroxylation is 1. The standard InChI is InChI=1S/C21H22N4OS/c1-16-22-23-21(25(16)18-12-6-3-7-13-18)27-19(17-10-4-2-5-11-17)20(26)24-14-8-9-15-24/h2-7,10-13,19H,8-9,14-15H2,1H3/t19-/m0/s1. The molecule has 0 unspecified atom stereocenters. The van der Waals surface area contributed by atoms with Crippen molar-refractivity contribution < 1.29 is 4.79 Å². The van der Waals surface area contributed by atoms with Gasteiger partial charge < -0.3 is 4.90 Å². The Hall–Kier alpha value is -2.60. The number of carbonyl (C=O) groups excluding carboxylic acids is 1. The first-order valence-corrected chi connectivity index (χ1v) is 10.1. The van der Waals surface area contributed by atoms with Crippen LogP contribution in [0, 0.1) is 6.92 Å². The molecule has 1 atom stereocenters. The van der Waals surface area contributed by atoms with Gasteiger partial charge in [-0.2, -0.15) is 0 Å². The Labute approximate surface area is 163 Å². The summed E-state index contributed by atoms with van der Waals surface area (Å²) < 4.78 is 2.01. The van der Waals surface area contributed by atoms with Crippen LogP contribution in [0.4, 0.5) is 0 Å². The van der Waals surface area contributed by atoms with Crippen molar-refractivity contribution in [2.24, 2.45) is 0 Å². The van der Waals surface area contributed by atoms with E-state index in [1.165, 1.54) is 11.8 Å². The Morgan fingerprint density at radius 3 is 2.26 bits per heavy atom. The second-order valence-electron chi connectivity index (χ2n) is 6.64. The molecule has 1 aromatic heterocycles. The maximum Gasteiger partial charge on any atom is 0.240 e. The summed E-state index contributed by atoms with van der Waals surface area (Å²) >= 11 is 1.48. The minimum atomic E-state index is -0.324. The van der Waals surface area contributed by atoms with Crippen LogP contribution >= 0.6 is 11.8 Å². The summed E-state index contributed by atoms with van der Waals surface area (Å²) in [5.41, 5.74) is 2.00. The van der Waals surface area contributed by atoms with E-state index in [0.29, 0.717) is 0 Å². The average molecular weight is 379 g/mol. The predicted molar refractivity (Wildman–Crippen MR) is 107 cm³/mol. The van der Waals surface area contributed by atoms with Crippen LogP contribution < -0.4 is 0 Å². The van der Waals surface area contributed by atoms with Gasteiger partial charge in [0.05, 0.1) is 0 Å².